The predicted molar refractivity (Wildman–Crippen MR) is 161 cm³/mol. The Kier molecular flexibility index (Phi) is 7.57. The van der Waals surface area contributed by atoms with E-state index in [1.165, 1.54) is 12.1 Å². The first-order valence-corrected chi connectivity index (χ1v) is 14.9. The highest BCUT2D eigenvalue weighted by Gasteiger charge is 2.32. The summed E-state index contributed by atoms with van der Waals surface area (Å²) in [5.41, 5.74) is 3.20. The highest BCUT2D eigenvalue weighted by molar-refractivity contribution is 6.30. The van der Waals surface area contributed by atoms with Crippen LogP contribution in [0.3, 0.4) is 0 Å². The van der Waals surface area contributed by atoms with Gasteiger partial charge in [0.2, 0.25) is 17.6 Å². The Bertz CT molecular complexity index is 1910. The summed E-state index contributed by atoms with van der Waals surface area (Å²) < 4.78 is 26.7. The maximum Gasteiger partial charge on any atom is 0.439 e. The number of aromatic nitrogens is 7. The van der Waals surface area contributed by atoms with Crippen LogP contribution in [0.1, 0.15) is 37.3 Å². The Labute approximate surface area is 256 Å². The smallest absolute Gasteiger partial charge is 0.377 e. The number of morpholine rings is 1. The van der Waals surface area contributed by atoms with Crippen LogP contribution in [-0.2, 0) is 11.3 Å². The fourth-order valence-electron chi connectivity index (χ4n) is 6.17. The number of halogens is 2. The highest BCUT2D eigenvalue weighted by Crippen LogP contribution is 2.38. The Morgan fingerprint density at radius 1 is 1.11 bits per heavy atom. The van der Waals surface area contributed by atoms with Crippen molar-refractivity contribution in [3.05, 3.63) is 69.7 Å². The summed E-state index contributed by atoms with van der Waals surface area (Å²) in [4.78, 5) is 35.5. The second-order valence-electron chi connectivity index (χ2n) is 11.1. The molecule has 2 fully saturated rings. The molecule has 0 unspecified atom stereocenters. The van der Waals surface area contributed by atoms with Crippen molar-refractivity contribution < 1.29 is 13.7 Å². The number of hydrogen-bond donors (Lipinski definition) is 1. The Morgan fingerprint density at radius 3 is 2.66 bits per heavy atom. The van der Waals surface area contributed by atoms with E-state index < -0.39 is 5.76 Å². The molecule has 1 N–H and O–H groups in total. The molecule has 44 heavy (non-hydrogen) atoms. The van der Waals surface area contributed by atoms with E-state index >= 15 is 0 Å². The zero-order chi connectivity index (χ0) is 30.2. The van der Waals surface area contributed by atoms with E-state index in [2.05, 4.69) is 30.5 Å². The zero-order valence-corrected chi connectivity index (χ0v) is 24.4. The number of nitrogens with zero attached hydrogens (tertiary/aromatic N) is 7. The molecule has 5 heterocycles. The summed E-state index contributed by atoms with van der Waals surface area (Å²) >= 11 is 6.39. The van der Waals surface area contributed by atoms with Crippen molar-refractivity contribution in [1.82, 2.24) is 34.6 Å². The highest BCUT2D eigenvalue weighted by atomic mass is 35.5. The van der Waals surface area contributed by atoms with Gasteiger partial charge in [-0.3, -0.25) is 14.5 Å². The fourth-order valence-corrected chi connectivity index (χ4v) is 6.34. The molecule has 0 amide bonds. The van der Waals surface area contributed by atoms with Gasteiger partial charge in [0.05, 0.1) is 24.3 Å². The van der Waals surface area contributed by atoms with Gasteiger partial charge in [-0.25, -0.2) is 19.2 Å². The molecular formula is C31H28ClFN8O3. The average Bonchev–Trinajstić information content (AvgIpc) is 3.65. The molecule has 13 heteroatoms. The molecule has 1 aliphatic carbocycles. The number of benzene rings is 1. The standard InChI is InChI=1S/C31H28ClFN8O3/c1-2-18-3-5-19(6-4-18)16-41-26-25(21-13-22(32)15-34-14-21)35-28(29-38-31(42)44-39-29)36-27(26)37-30(41)40-11-12-43-17-24(40)20-7-9-23(33)10-8-20/h1,7-10,13-15,18-19,24H,3-6,11-12,16-17H2,(H,38,39,42)/t18-,19-,24-/m0/s1. The number of hydrogen-bond acceptors (Lipinski definition) is 9. The monoisotopic (exact) mass is 614 g/mol. The molecule has 1 saturated heterocycles. The van der Waals surface area contributed by atoms with Gasteiger partial charge in [0.15, 0.2) is 5.65 Å². The second-order valence-corrected chi connectivity index (χ2v) is 11.6. The maximum atomic E-state index is 13.9. The molecule has 5 aromatic rings. The molecule has 0 spiro atoms. The van der Waals surface area contributed by atoms with Crippen LogP contribution in [0.4, 0.5) is 10.3 Å². The maximum absolute atomic E-state index is 13.9. The summed E-state index contributed by atoms with van der Waals surface area (Å²) in [6.45, 7) is 2.11. The van der Waals surface area contributed by atoms with E-state index in [0.29, 0.717) is 65.6 Å². The van der Waals surface area contributed by atoms with E-state index in [1.807, 2.05) is 0 Å². The molecule has 1 aromatic carbocycles. The van der Waals surface area contributed by atoms with Crippen molar-refractivity contribution in [1.29, 1.82) is 0 Å². The lowest BCUT2D eigenvalue weighted by Crippen LogP contribution is -2.41. The van der Waals surface area contributed by atoms with Crippen LogP contribution in [-0.4, -0.2) is 54.4 Å². The van der Waals surface area contributed by atoms with Gasteiger partial charge in [0.25, 0.3) is 0 Å². The number of ether oxygens (including phenoxy) is 1. The number of fused-ring (bicyclic) bond motifs is 1. The lowest BCUT2D eigenvalue weighted by molar-refractivity contribution is 0.0927. The molecule has 4 aromatic heterocycles. The van der Waals surface area contributed by atoms with Crippen molar-refractivity contribution in [2.45, 2.75) is 38.3 Å². The first kappa shape index (κ1) is 28.2. The molecule has 1 atom stereocenters. The topological polar surface area (TPSA) is 128 Å². The minimum Gasteiger partial charge on any atom is -0.377 e. The molecule has 2 aliphatic rings. The molecule has 1 saturated carbocycles. The van der Waals surface area contributed by atoms with Gasteiger partial charge in [-0.2, -0.15) is 4.98 Å². The third kappa shape index (κ3) is 5.44. The molecular weight excluding hydrogens is 587 g/mol. The number of terminal acetylenes is 1. The lowest BCUT2D eigenvalue weighted by atomic mass is 9.82. The summed E-state index contributed by atoms with van der Waals surface area (Å²) in [5, 5.41) is 4.25. The number of pyridine rings is 1. The summed E-state index contributed by atoms with van der Waals surface area (Å²) in [5.74, 6) is 3.43. The molecule has 0 radical (unpaired) electrons. The van der Waals surface area contributed by atoms with E-state index in [9.17, 15) is 9.18 Å². The van der Waals surface area contributed by atoms with E-state index in [0.717, 1.165) is 31.2 Å². The zero-order valence-electron chi connectivity index (χ0n) is 23.6. The Morgan fingerprint density at radius 2 is 1.93 bits per heavy atom. The minimum absolute atomic E-state index is 0.0763. The summed E-state index contributed by atoms with van der Waals surface area (Å²) in [6.07, 6.45) is 12.9. The van der Waals surface area contributed by atoms with Crippen LogP contribution in [0.5, 0.6) is 0 Å². The minimum atomic E-state index is -0.723. The third-order valence-corrected chi connectivity index (χ3v) is 8.58. The van der Waals surface area contributed by atoms with Crippen LogP contribution in [0, 0.1) is 30.0 Å². The van der Waals surface area contributed by atoms with Gasteiger partial charge in [0.1, 0.15) is 17.0 Å². The number of aromatic amines is 1. The summed E-state index contributed by atoms with van der Waals surface area (Å²) in [7, 11) is 0. The second kappa shape index (κ2) is 11.8. The third-order valence-electron chi connectivity index (χ3n) is 8.38. The number of imidazole rings is 1. The van der Waals surface area contributed by atoms with Crippen molar-refractivity contribution in [3.63, 3.8) is 0 Å². The van der Waals surface area contributed by atoms with Gasteiger partial charge in [0, 0.05) is 37.0 Å². The normalized spacial score (nSPS) is 20.6. The Hall–Kier alpha value is -4.60. The number of anilines is 1. The fraction of sp³-hybridized carbons (Fsp3) is 0.355. The van der Waals surface area contributed by atoms with Crippen LogP contribution in [0.2, 0.25) is 5.02 Å². The van der Waals surface area contributed by atoms with Gasteiger partial charge in [-0.05, 0) is 55.4 Å². The Balaban J connectivity index is 1.43. The molecule has 1 aliphatic heterocycles. The van der Waals surface area contributed by atoms with Crippen LogP contribution in [0.15, 0.2) is 52.0 Å². The molecule has 224 valence electrons. The van der Waals surface area contributed by atoms with Crippen molar-refractivity contribution in [3.8, 4) is 35.2 Å². The number of rotatable bonds is 6. The first-order chi connectivity index (χ1) is 21.5. The largest absolute Gasteiger partial charge is 0.439 e. The SMILES string of the molecule is C#C[C@H]1CC[C@H](Cn2c(N3CCOC[C@H]3c3ccc(F)cc3)nc3nc(-c4noc(=O)[nH]4)nc(-c4cncc(Cl)c4)c32)CC1. The van der Waals surface area contributed by atoms with Crippen LogP contribution >= 0.6 is 11.6 Å². The first-order valence-electron chi connectivity index (χ1n) is 14.5. The van der Waals surface area contributed by atoms with E-state index in [-0.39, 0.29) is 29.4 Å². The van der Waals surface area contributed by atoms with Gasteiger partial charge < -0.3 is 14.2 Å². The van der Waals surface area contributed by atoms with Crippen molar-refractivity contribution in [2.24, 2.45) is 11.8 Å². The van der Waals surface area contributed by atoms with Crippen molar-refractivity contribution >= 4 is 28.7 Å². The van der Waals surface area contributed by atoms with Crippen molar-refractivity contribution in [2.75, 3.05) is 24.7 Å². The molecule has 0 bridgehead atoms. The van der Waals surface area contributed by atoms with Crippen LogP contribution < -0.4 is 10.7 Å². The van der Waals surface area contributed by atoms with E-state index in [4.69, 9.17) is 42.2 Å². The molecule has 11 nitrogen and oxygen atoms in total. The number of nitrogens with one attached hydrogen (secondary N) is 1. The van der Waals surface area contributed by atoms with Crippen LogP contribution in [0.25, 0.3) is 34.1 Å². The van der Waals surface area contributed by atoms with Gasteiger partial charge in [-0.1, -0.05) is 28.9 Å². The predicted octanol–water partition coefficient (Wildman–Crippen LogP) is 5.04. The molecule has 7 rings (SSSR count). The summed E-state index contributed by atoms with van der Waals surface area (Å²) in [6, 6.07) is 8.02. The average molecular weight is 615 g/mol. The van der Waals surface area contributed by atoms with Gasteiger partial charge in [-0.15, -0.1) is 12.3 Å². The van der Waals surface area contributed by atoms with Gasteiger partial charge >= 0.3 is 5.76 Å². The quantitative estimate of drug-likeness (QED) is 0.262. The lowest BCUT2D eigenvalue weighted by Gasteiger charge is -2.37. The number of H-pyrrole nitrogens is 1. The van der Waals surface area contributed by atoms with E-state index in [1.54, 1.807) is 30.6 Å².